The predicted molar refractivity (Wildman–Crippen MR) is 43.4 cm³/mol. The molecule has 0 aromatic carbocycles. The van der Waals surface area contributed by atoms with Gasteiger partial charge in [0.05, 0.1) is 24.9 Å². The molecular weight excluding hydrogens is 158 g/mol. The van der Waals surface area contributed by atoms with Gasteiger partial charge in [-0.1, -0.05) is 0 Å². The molecule has 0 bridgehead atoms. The Morgan fingerprint density at radius 3 is 2.67 bits per heavy atom. The van der Waals surface area contributed by atoms with Crippen molar-refractivity contribution in [3.05, 3.63) is 11.6 Å². The average molecular weight is 171 g/mol. The van der Waals surface area contributed by atoms with Crippen LogP contribution >= 0.6 is 0 Å². The Morgan fingerprint density at radius 2 is 2.17 bits per heavy atom. The van der Waals surface area contributed by atoms with Gasteiger partial charge in [0.1, 0.15) is 6.79 Å². The Hall–Kier alpha value is -0.890. The van der Waals surface area contributed by atoms with Crippen LogP contribution in [-0.4, -0.2) is 34.2 Å². The summed E-state index contributed by atoms with van der Waals surface area (Å²) in [6, 6.07) is 2.00. The van der Waals surface area contributed by atoms with Crippen LogP contribution in [0, 0.1) is 11.3 Å². The Labute approximate surface area is 72.3 Å². The second-order valence-electron chi connectivity index (χ2n) is 2.05. The topological polar surface area (TPSA) is 51.5 Å². The van der Waals surface area contributed by atoms with Gasteiger partial charge in [-0.05, 0) is 6.08 Å². The molecule has 0 aliphatic heterocycles. The van der Waals surface area contributed by atoms with Gasteiger partial charge in [0.15, 0.2) is 0 Å². The number of rotatable bonds is 6. The second kappa shape index (κ2) is 8.21. The normalized spacial score (nSPS) is 11.2. The predicted octanol–water partition coefficient (Wildman–Crippen LogP) is 0.703. The molecule has 0 rings (SSSR count). The van der Waals surface area contributed by atoms with Crippen molar-refractivity contribution in [1.29, 1.82) is 5.26 Å². The van der Waals surface area contributed by atoms with E-state index in [0.717, 1.165) is 0 Å². The Kier molecular flexibility index (Phi) is 7.60. The van der Waals surface area contributed by atoms with Crippen molar-refractivity contribution in [2.24, 2.45) is 0 Å². The van der Waals surface area contributed by atoms with Gasteiger partial charge in [0.25, 0.3) is 0 Å². The maximum atomic E-state index is 8.53. The van der Waals surface area contributed by atoms with Gasteiger partial charge < -0.3 is 14.2 Å². The molecule has 0 aromatic heterocycles. The quantitative estimate of drug-likeness (QED) is 0.335. The first-order valence-electron chi connectivity index (χ1n) is 3.50. The van der Waals surface area contributed by atoms with Gasteiger partial charge in [0.2, 0.25) is 0 Å². The first-order valence-corrected chi connectivity index (χ1v) is 3.50. The fraction of sp³-hybridized carbons (Fsp3) is 0.625. The molecule has 0 aliphatic rings. The molecule has 0 radical (unpaired) electrons. The molecule has 0 amide bonds. The summed E-state index contributed by atoms with van der Waals surface area (Å²) in [4.78, 5) is 0. The number of hydrogen-bond acceptors (Lipinski definition) is 4. The molecule has 12 heavy (non-hydrogen) atoms. The summed E-state index contributed by atoms with van der Waals surface area (Å²) in [7, 11) is 3.09. The summed E-state index contributed by atoms with van der Waals surface area (Å²) in [5, 5.41) is 8.53. The molecule has 0 N–H and O–H groups in total. The van der Waals surface area contributed by atoms with Crippen LogP contribution in [0.4, 0.5) is 0 Å². The van der Waals surface area contributed by atoms with Crippen LogP contribution in [0.25, 0.3) is 0 Å². The van der Waals surface area contributed by atoms with Gasteiger partial charge in [0, 0.05) is 14.2 Å². The highest BCUT2D eigenvalue weighted by atomic mass is 16.7. The number of hydrogen-bond donors (Lipinski definition) is 0. The van der Waals surface area contributed by atoms with Gasteiger partial charge in [-0.2, -0.15) is 5.26 Å². The highest BCUT2D eigenvalue weighted by Gasteiger charge is 1.92. The van der Waals surface area contributed by atoms with Crippen LogP contribution in [0.3, 0.4) is 0 Å². The van der Waals surface area contributed by atoms with Crippen molar-refractivity contribution >= 4 is 0 Å². The molecular formula is C8H13NO3. The highest BCUT2D eigenvalue weighted by Crippen LogP contribution is 1.92. The van der Waals surface area contributed by atoms with Gasteiger partial charge in [-0.3, -0.25) is 0 Å². The second-order valence-corrected chi connectivity index (χ2v) is 2.05. The van der Waals surface area contributed by atoms with Crippen LogP contribution in [0.5, 0.6) is 0 Å². The van der Waals surface area contributed by atoms with Gasteiger partial charge in [-0.15, -0.1) is 0 Å². The number of nitriles is 1. The Balaban J connectivity index is 3.57. The molecule has 0 heterocycles. The summed E-state index contributed by atoms with van der Waals surface area (Å²) in [6.07, 6.45) is 1.67. The van der Waals surface area contributed by atoms with Crippen LogP contribution in [0.15, 0.2) is 11.6 Å². The minimum Gasteiger partial charge on any atom is -0.379 e. The van der Waals surface area contributed by atoms with E-state index in [1.165, 1.54) is 0 Å². The van der Waals surface area contributed by atoms with Crippen LogP contribution in [0.2, 0.25) is 0 Å². The monoisotopic (exact) mass is 171 g/mol. The smallest absolute Gasteiger partial charge is 0.146 e. The van der Waals surface area contributed by atoms with Crippen LogP contribution in [-0.2, 0) is 14.2 Å². The number of ether oxygens (including phenoxy) is 3. The van der Waals surface area contributed by atoms with Crippen molar-refractivity contribution in [2.45, 2.75) is 0 Å². The number of nitrogens with zero attached hydrogens (tertiary/aromatic N) is 1. The molecule has 4 nitrogen and oxygen atoms in total. The molecule has 0 saturated carbocycles. The molecule has 0 saturated heterocycles. The van der Waals surface area contributed by atoms with Crippen molar-refractivity contribution in [1.82, 2.24) is 0 Å². The average Bonchev–Trinajstić information content (AvgIpc) is 2.10. The molecule has 0 spiro atoms. The first-order chi connectivity index (χ1) is 5.85. The zero-order chi connectivity index (χ0) is 9.23. The van der Waals surface area contributed by atoms with Crippen molar-refractivity contribution in [3.63, 3.8) is 0 Å². The molecule has 0 aliphatic carbocycles. The minimum atomic E-state index is 0.238. The van der Waals surface area contributed by atoms with E-state index < -0.39 is 0 Å². The van der Waals surface area contributed by atoms with E-state index in [9.17, 15) is 0 Å². The lowest BCUT2D eigenvalue weighted by atomic mass is 10.3. The van der Waals surface area contributed by atoms with Gasteiger partial charge in [-0.25, -0.2) is 0 Å². The van der Waals surface area contributed by atoms with Gasteiger partial charge >= 0.3 is 0 Å². The summed E-state index contributed by atoms with van der Waals surface area (Å²) >= 11 is 0. The standard InChI is InChI=1S/C8H13NO3/c1-10-6-8(5-9)3-4-12-7-11-2/h3H,4,6-7H2,1-2H3/b8-3-. The molecule has 68 valence electrons. The Bertz CT molecular complexity index is 172. The van der Waals surface area contributed by atoms with E-state index in [-0.39, 0.29) is 6.79 Å². The van der Waals surface area contributed by atoms with Crippen LogP contribution < -0.4 is 0 Å². The summed E-state index contributed by atoms with van der Waals surface area (Å²) in [5.41, 5.74) is 0.564. The first kappa shape index (κ1) is 11.1. The van der Waals surface area contributed by atoms with Crippen LogP contribution in [0.1, 0.15) is 0 Å². The van der Waals surface area contributed by atoms with Crippen molar-refractivity contribution < 1.29 is 14.2 Å². The highest BCUT2D eigenvalue weighted by molar-refractivity contribution is 5.20. The molecule has 0 atom stereocenters. The van der Waals surface area contributed by atoms with Crippen molar-refractivity contribution in [3.8, 4) is 6.07 Å². The molecule has 0 unspecified atom stereocenters. The van der Waals surface area contributed by atoms with E-state index in [2.05, 4.69) is 4.74 Å². The zero-order valence-corrected chi connectivity index (χ0v) is 7.37. The third-order valence-electron chi connectivity index (χ3n) is 1.09. The van der Waals surface area contributed by atoms with E-state index in [0.29, 0.717) is 18.8 Å². The molecule has 0 aromatic rings. The number of methoxy groups -OCH3 is 2. The largest absolute Gasteiger partial charge is 0.379 e. The lowest BCUT2D eigenvalue weighted by Crippen LogP contribution is -1.98. The van der Waals surface area contributed by atoms with E-state index in [1.807, 2.05) is 6.07 Å². The third kappa shape index (κ3) is 5.86. The third-order valence-corrected chi connectivity index (χ3v) is 1.09. The fourth-order valence-electron chi connectivity index (χ4n) is 0.583. The molecule has 4 heteroatoms. The van der Waals surface area contributed by atoms with E-state index >= 15 is 0 Å². The summed E-state index contributed by atoms with van der Waals surface area (Å²) in [6.45, 7) is 0.940. The van der Waals surface area contributed by atoms with Crippen molar-refractivity contribution in [2.75, 3.05) is 34.2 Å². The minimum absolute atomic E-state index is 0.238. The lowest BCUT2D eigenvalue weighted by Gasteiger charge is -1.98. The maximum Gasteiger partial charge on any atom is 0.146 e. The molecule has 0 fully saturated rings. The fourth-order valence-corrected chi connectivity index (χ4v) is 0.583. The Morgan fingerprint density at radius 1 is 1.42 bits per heavy atom. The maximum absolute atomic E-state index is 8.53. The van der Waals surface area contributed by atoms with E-state index in [1.54, 1.807) is 20.3 Å². The summed E-state index contributed by atoms with van der Waals surface area (Å²) in [5.74, 6) is 0. The SMILES string of the molecule is COCOC/C=C(/C#N)COC. The lowest BCUT2D eigenvalue weighted by molar-refractivity contribution is -0.0188. The zero-order valence-electron chi connectivity index (χ0n) is 7.37. The van der Waals surface area contributed by atoms with E-state index in [4.69, 9.17) is 14.7 Å². The summed E-state index contributed by atoms with van der Waals surface area (Å²) < 4.78 is 14.4.